The molecule has 37 heavy (non-hydrogen) atoms. The lowest BCUT2D eigenvalue weighted by molar-refractivity contribution is -0.134. The van der Waals surface area contributed by atoms with Crippen LogP contribution < -0.4 is 14.2 Å². The van der Waals surface area contributed by atoms with Crippen LogP contribution in [0.3, 0.4) is 0 Å². The molecule has 7 nitrogen and oxygen atoms in total. The SMILES string of the molecule is CCCCN(CC(=O)N1CCc2sccc2C1c1ccc(OC)cc1)C(=O)c1ccc(OC)cc1OC. The van der Waals surface area contributed by atoms with Crippen LogP contribution in [0, 0.1) is 0 Å². The van der Waals surface area contributed by atoms with Gasteiger partial charge in [0.05, 0.1) is 32.9 Å². The smallest absolute Gasteiger partial charge is 0.258 e. The molecular weight excluding hydrogens is 488 g/mol. The zero-order valence-corrected chi connectivity index (χ0v) is 22.7. The van der Waals surface area contributed by atoms with E-state index >= 15 is 0 Å². The summed E-state index contributed by atoms with van der Waals surface area (Å²) in [5.74, 6) is 1.50. The summed E-state index contributed by atoms with van der Waals surface area (Å²) in [6.07, 6.45) is 2.52. The molecule has 0 radical (unpaired) electrons. The molecule has 8 heteroatoms. The van der Waals surface area contributed by atoms with Gasteiger partial charge in [0, 0.05) is 24.0 Å². The van der Waals surface area contributed by atoms with Gasteiger partial charge in [0.25, 0.3) is 5.91 Å². The van der Waals surface area contributed by atoms with E-state index in [0.717, 1.165) is 36.1 Å². The lowest BCUT2D eigenvalue weighted by Crippen LogP contribution is -2.47. The third-order valence-electron chi connectivity index (χ3n) is 6.75. The van der Waals surface area contributed by atoms with Crippen molar-refractivity contribution in [3.05, 3.63) is 75.5 Å². The molecule has 0 saturated heterocycles. The summed E-state index contributed by atoms with van der Waals surface area (Å²) in [5.41, 5.74) is 2.59. The Morgan fingerprint density at radius 2 is 1.73 bits per heavy atom. The largest absolute Gasteiger partial charge is 0.497 e. The minimum atomic E-state index is -0.226. The zero-order valence-electron chi connectivity index (χ0n) is 21.9. The first kappa shape index (κ1) is 26.5. The number of hydrogen-bond acceptors (Lipinski definition) is 6. The van der Waals surface area contributed by atoms with Crippen molar-refractivity contribution in [2.24, 2.45) is 0 Å². The second-order valence-corrected chi connectivity index (χ2v) is 9.96. The van der Waals surface area contributed by atoms with E-state index in [1.807, 2.05) is 29.2 Å². The van der Waals surface area contributed by atoms with Crippen molar-refractivity contribution >= 4 is 23.2 Å². The van der Waals surface area contributed by atoms with Crippen LogP contribution in [0.25, 0.3) is 0 Å². The van der Waals surface area contributed by atoms with Crippen molar-refractivity contribution < 1.29 is 23.8 Å². The predicted molar refractivity (Wildman–Crippen MR) is 145 cm³/mol. The van der Waals surface area contributed by atoms with E-state index in [1.54, 1.807) is 48.7 Å². The highest BCUT2D eigenvalue weighted by Crippen LogP contribution is 2.38. The summed E-state index contributed by atoms with van der Waals surface area (Å²) in [5, 5.41) is 2.09. The summed E-state index contributed by atoms with van der Waals surface area (Å²) in [7, 11) is 4.74. The zero-order chi connectivity index (χ0) is 26.4. The molecule has 2 aromatic carbocycles. The average Bonchev–Trinajstić information content (AvgIpc) is 3.43. The number of nitrogens with zero attached hydrogens (tertiary/aromatic N) is 2. The van der Waals surface area contributed by atoms with Crippen molar-refractivity contribution in [2.75, 3.05) is 41.0 Å². The molecule has 196 valence electrons. The number of fused-ring (bicyclic) bond motifs is 1. The number of benzene rings is 2. The fourth-order valence-corrected chi connectivity index (χ4v) is 5.64. The molecule has 0 saturated carbocycles. The quantitative estimate of drug-likeness (QED) is 0.367. The fourth-order valence-electron chi connectivity index (χ4n) is 4.73. The summed E-state index contributed by atoms with van der Waals surface area (Å²) in [4.78, 5) is 32.4. The highest BCUT2D eigenvalue weighted by Gasteiger charge is 2.34. The van der Waals surface area contributed by atoms with Gasteiger partial charge in [0.1, 0.15) is 23.8 Å². The normalized spacial score (nSPS) is 14.6. The van der Waals surface area contributed by atoms with Gasteiger partial charge in [-0.15, -0.1) is 11.3 Å². The van der Waals surface area contributed by atoms with Gasteiger partial charge >= 0.3 is 0 Å². The van der Waals surface area contributed by atoms with E-state index in [2.05, 4.69) is 18.4 Å². The number of unbranched alkanes of at least 4 members (excludes halogenated alkanes) is 1. The van der Waals surface area contributed by atoms with Crippen molar-refractivity contribution in [3.8, 4) is 17.2 Å². The maximum atomic E-state index is 13.9. The molecule has 1 unspecified atom stereocenters. The van der Waals surface area contributed by atoms with Crippen molar-refractivity contribution in [2.45, 2.75) is 32.2 Å². The van der Waals surface area contributed by atoms with Crippen LogP contribution in [-0.4, -0.2) is 62.6 Å². The monoisotopic (exact) mass is 522 g/mol. The molecule has 0 fully saturated rings. The first-order valence-electron chi connectivity index (χ1n) is 12.5. The Hall–Kier alpha value is -3.52. The van der Waals surface area contributed by atoms with Gasteiger partial charge in [-0.2, -0.15) is 0 Å². The number of ether oxygens (including phenoxy) is 3. The Balaban J connectivity index is 1.62. The molecule has 0 N–H and O–H groups in total. The highest BCUT2D eigenvalue weighted by atomic mass is 32.1. The first-order valence-corrected chi connectivity index (χ1v) is 13.4. The van der Waals surface area contributed by atoms with Gasteiger partial charge in [-0.25, -0.2) is 0 Å². The number of amides is 2. The van der Waals surface area contributed by atoms with Crippen LogP contribution in [0.1, 0.15) is 52.2 Å². The van der Waals surface area contributed by atoms with E-state index in [4.69, 9.17) is 14.2 Å². The predicted octanol–water partition coefficient (Wildman–Crippen LogP) is 5.19. The summed E-state index contributed by atoms with van der Waals surface area (Å²) < 4.78 is 16.1. The Morgan fingerprint density at radius 1 is 1.00 bits per heavy atom. The van der Waals surface area contributed by atoms with E-state index in [9.17, 15) is 9.59 Å². The van der Waals surface area contributed by atoms with Gasteiger partial charge in [-0.3, -0.25) is 9.59 Å². The maximum absolute atomic E-state index is 13.9. The van der Waals surface area contributed by atoms with Crippen LogP contribution in [0.5, 0.6) is 17.2 Å². The average molecular weight is 523 g/mol. The molecule has 0 bridgehead atoms. The second-order valence-electron chi connectivity index (χ2n) is 8.96. The minimum absolute atomic E-state index is 0.000141. The standard InChI is InChI=1S/C29H34N2O5S/c1-5-6-15-30(29(33)23-12-11-22(35-3)18-25(23)36-4)19-27(32)31-16-13-26-24(14-17-37-26)28(31)20-7-9-21(34-2)10-8-20/h7-12,14,17-18,28H,5-6,13,15-16,19H2,1-4H3. The summed E-state index contributed by atoms with van der Waals surface area (Å²) >= 11 is 1.73. The van der Waals surface area contributed by atoms with Gasteiger partial charge in [0.15, 0.2) is 0 Å². The van der Waals surface area contributed by atoms with E-state index in [0.29, 0.717) is 30.2 Å². The number of methoxy groups -OCH3 is 3. The van der Waals surface area contributed by atoms with E-state index < -0.39 is 0 Å². The van der Waals surface area contributed by atoms with Gasteiger partial charge < -0.3 is 24.0 Å². The van der Waals surface area contributed by atoms with E-state index in [-0.39, 0.29) is 24.4 Å². The number of thiophene rings is 1. The molecule has 1 aliphatic rings. The maximum Gasteiger partial charge on any atom is 0.258 e. The van der Waals surface area contributed by atoms with E-state index in [1.165, 1.54) is 12.0 Å². The van der Waals surface area contributed by atoms with Gasteiger partial charge in [0.2, 0.25) is 5.91 Å². The van der Waals surface area contributed by atoms with Crippen LogP contribution in [0.2, 0.25) is 0 Å². The molecular formula is C29H34N2O5S. The number of hydrogen-bond donors (Lipinski definition) is 0. The molecule has 0 aliphatic carbocycles. The molecule has 2 amide bonds. The van der Waals surface area contributed by atoms with Crippen molar-refractivity contribution in [1.29, 1.82) is 0 Å². The fraction of sp³-hybridized carbons (Fsp3) is 0.379. The molecule has 1 atom stereocenters. The Kier molecular flexibility index (Phi) is 8.71. The lowest BCUT2D eigenvalue weighted by Gasteiger charge is -2.37. The number of carbonyl (C=O) groups excluding carboxylic acids is 2. The van der Waals surface area contributed by atoms with Crippen LogP contribution >= 0.6 is 11.3 Å². The third-order valence-corrected chi connectivity index (χ3v) is 7.75. The van der Waals surface area contributed by atoms with Crippen molar-refractivity contribution in [1.82, 2.24) is 9.80 Å². The molecule has 1 aliphatic heterocycles. The van der Waals surface area contributed by atoms with Crippen LogP contribution in [0.4, 0.5) is 0 Å². The number of rotatable bonds is 10. The number of carbonyl (C=O) groups is 2. The topological polar surface area (TPSA) is 68.3 Å². The Morgan fingerprint density at radius 3 is 2.41 bits per heavy atom. The molecule has 2 heterocycles. The third kappa shape index (κ3) is 5.74. The van der Waals surface area contributed by atoms with Crippen LogP contribution in [0.15, 0.2) is 53.9 Å². The summed E-state index contributed by atoms with van der Waals surface area (Å²) in [6.45, 7) is 3.16. The van der Waals surface area contributed by atoms with Gasteiger partial charge in [-0.1, -0.05) is 25.5 Å². The lowest BCUT2D eigenvalue weighted by atomic mass is 9.93. The van der Waals surface area contributed by atoms with Crippen molar-refractivity contribution in [3.63, 3.8) is 0 Å². The first-order chi connectivity index (χ1) is 18.0. The molecule has 0 spiro atoms. The Labute approximate surface area is 222 Å². The van der Waals surface area contributed by atoms with Crippen LogP contribution in [-0.2, 0) is 11.2 Å². The summed E-state index contributed by atoms with van der Waals surface area (Å²) in [6, 6.07) is 14.9. The van der Waals surface area contributed by atoms with Gasteiger partial charge in [-0.05, 0) is 59.7 Å². The molecule has 4 rings (SSSR count). The second kappa shape index (κ2) is 12.1. The minimum Gasteiger partial charge on any atom is -0.497 e. The molecule has 1 aromatic heterocycles. The Bertz CT molecular complexity index is 1220. The molecule has 3 aromatic rings. The highest BCUT2D eigenvalue weighted by molar-refractivity contribution is 7.10.